The predicted octanol–water partition coefficient (Wildman–Crippen LogP) is 2.80. The molecule has 0 bridgehead atoms. The minimum absolute atomic E-state index is 0.299. The Balaban J connectivity index is 1.73. The minimum Gasteiger partial charge on any atom is -0.348 e. The molecule has 2 heterocycles. The van der Waals surface area contributed by atoms with Gasteiger partial charge in [0.05, 0.1) is 30.2 Å². The Morgan fingerprint density at radius 2 is 2.00 bits per heavy atom. The number of amides is 2. The lowest BCUT2D eigenvalue weighted by atomic mass is 10.0. The van der Waals surface area contributed by atoms with Gasteiger partial charge in [-0.2, -0.15) is 10.2 Å². The summed E-state index contributed by atoms with van der Waals surface area (Å²) in [6, 6.07) is 10.9. The molecule has 7 heteroatoms. The number of aryl methyl sites for hydroxylation is 1. The second kappa shape index (κ2) is 7.16. The molecule has 1 aliphatic heterocycles. The Morgan fingerprint density at radius 1 is 1.24 bits per heavy atom. The van der Waals surface area contributed by atoms with Crippen molar-refractivity contribution in [3.8, 4) is 0 Å². The molecular weight excluding hydrogens is 320 g/mol. The molecule has 0 unspecified atom stereocenters. The number of carbonyl (C=O) groups excluding carboxylic acids is 1. The minimum atomic E-state index is -0.708. The van der Waals surface area contributed by atoms with E-state index in [1.54, 1.807) is 13.0 Å². The van der Waals surface area contributed by atoms with Gasteiger partial charge in [-0.25, -0.2) is 4.79 Å². The maximum atomic E-state index is 12.4. The van der Waals surface area contributed by atoms with Crippen molar-refractivity contribution in [3.63, 3.8) is 0 Å². The smallest absolute Gasteiger partial charge is 0.319 e. The molecule has 0 saturated carbocycles. The average molecular weight is 342 g/mol. The Hall–Kier alpha value is -2.51. The van der Waals surface area contributed by atoms with Crippen molar-refractivity contribution in [2.45, 2.75) is 38.7 Å². The number of hydrogen-bond donors (Lipinski definition) is 2. The van der Waals surface area contributed by atoms with Gasteiger partial charge >= 0.3 is 6.03 Å². The van der Waals surface area contributed by atoms with Gasteiger partial charge in [0.2, 0.25) is 0 Å². The number of carbonyl (C=O) groups is 1. The molecule has 1 aromatic carbocycles. The first-order chi connectivity index (χ1) is 11.9. The molecule has 3 rings (SSSR count). The third-order valence-electron chi connectivity index (χ3n) is 3.98. The first kappa shape index (κ1) is 17.3. The Kier molecular flexibility index (Phi) is 4.96. The zero-order valence-corrected chi connectivity index (χ0v) is 14.5. The summed E-state index contributed by atoms with van der Waals surface area (Å²) in [5.41, 5.74) is 2.25. The number of ether oxygens (including phenoxy) is 2. The molecule has 2 amide bonds. The highest BCUT2D eigenvalue weighted by Crippen LogP contribution is 2.32. The van der Waals surface area contributed by atoms with Crippen molar-refractivity contribution < 1.29 is 14.3 Å². The lowest BCUT2D eigenvalue weighted by Crippen LogP contribution is -2.52. The molecule has 0 radical (unpaired) electrons. The second-order valence-electron chi connectivity index (χ2n) is 6.40. The highest BCUT2D eigenvalue weighted by Gasteiger charge is 2.38. The van der Waals surface area contributed by atoms with Gasteiger partial charge in [-0.15, -0.1) is 0 Å². The topological polar surface area (TPSA) is 85.4 Å². The molecule has 1 saturated heterocycles. The summed E-state index contributed by atoms with van der Waals surface area (Å²) in [4.78, 5) is 12.4. The van der Waals surface area contributed by atoms with Crippen molar-refractivity contribution in [1.29, 1.82) is 0 Å². The van der Waals surface area contributed by atoms with Gasteiger partial charge in [0.15, 0.2) is 5.79 Å². The van der Waals surface area contributed by atoms with Crippen LogP contribution in [0.1, 0.15) is 31.2 Å². The van der Waals surface area contributed by atoms with Crippen LogP contribution in [0.25, 0.3) is 0 Å². The van der Waals surface area contributed by atoms with E-state index in [1.807, 2.05) is 44.2 Å². The number of benzene rings is 1. The van der Waals surface area contributed by atoms with E-state index in [4.69, 9.17) is 9.47 Å². The number of aromatic nitrogens is 2. The van der Waals surface area contributed by atoms with E-state index >= 15 is 0 Å². The SMILES string of the molecule is Cc1nnccc1NC(=O)N[C@@H]1COC(C)(C)O[C@@H]1c1ccccc1. The van der Waals surface area contributed by atoms with E-state index in [-0.39, 0.29) is 18.2 Å². The highest BCUT2D eigenvalue weighted by atomic mass is 16.7. The van der Waals surface area contributed by atoms with Crippen LogP contribution < -0.4 is 10.6 Å². The largest absolute Gasteiger partial charge is 0.348 e. The van der Waals surface area contributed by atoms with Crippen LogP contribution in [-0.4, -0.2) is 34.7 Å². The van der Waals surface area contributed by atoms with E-state index in [0.717, 1.165) is 5.56 Å². The summed E-state index contributed by atoms with van der Waals surface area (Å²) < 4.78 is 11.8. The maximum Gasteiger partial charge on any atom is 0.319 e. The van der Waals surface area contributed by atoms with Crippen molar-refractivity contribution in [3.05, 3.63) is 53.9 Å². The summed E-state index contributed by atoms with van der Waals surface area (Å²) in [6.07, 6.45) is 1.23. The van der Waals surface area contributed by atoms with Gasteiger partial charge < -0.3 is 20.1 Å². The van der Waals surface area contributed by atoms with E-state index in [2.05, 4.69) is 20.8 Å². The van der Waals surface area contributed by atoms with Gasteiger partial charge in [0.1, 0.15) is 6.10 Å². The fourth-order valence-corrected chi connectivity index (χ4v) is 2.72. The quantitative estimate of drug-likeness (QED) is 0.896. The van der Waals surface area contributed by atoms with Gasteiger partial charge in [-0.3, -0.25) is 0 Å². The van der Waals surface area contributed by atoms with Gasteiger partial charge in [0.25, 0.3) is 0 Å². The molecule has 1 fully saturated rings. The molecule has 7 nitrogen and oxygen atoms in total. The molecule has 0 spiro atoms. The summed E-state index contributed by atoms with van der Waals surface area (Å²) >= 11 is 0. The molecule has 132 valence electrons. The standard InChI is InChI=1S/C18H22N4O3/c1-12-14(9-10-19-22-12)20-17(23)21-15-11-24-18(2,3)25-16(15)13-7-5-4-6-8-13/h4-10,15-16H,11H2,1-3H3,(H2,19,20,21,23)/t15-,16-/m1/s1. The zero-order chi connectivity index (χ0) is 17.9. The number of nitrogens with zero attached hydrogens (tertiary/aromatic N) is 2. The molecule has 1 aromatic heterocycles. The van der Waals surface area contributed by atoms with Gasteiger partial charge in [-0.05, 0) is 32.4 Å². The van der Waals surface area contributed by atoms with Crippen LogP contribution in [0.5, 0.6) is 0 Å². The van der Waals surface area contributed by atoms with E-state index in [0.29, 0.717) is 18.0 Å². The summed E-state index contributed by atoms with van der Waals surface area (Å²) in [7, 11) is 0. The van der Waals surface area contributed by atoms with Crippen molar-refractivity contribution >= 4 is 11.7 Å². The van der Waals surface area contributed by atoms with Crippen LogP contribution in [0.2, 0.25) is 0 Å². The molecule has 2 N–H and O–H groups in total. The molecule has 1 aliphatic rings. The molecule has 0 aliphatic carbocycles. The normalized spacial score (nSPS) is 22.2. The first-order valence-electron chi connectivity index (χ1n) is 8.17. The lowest BCUT2D eigenvalue weighted by molar-refractivity contribution is -0.284. The number of nitrogens with one attached hydrogen (secondary N) is 2. The summed E-state index contributed by atoms with van der Waals surface area (Å²) in [6.45, 7) is 5.87. The fraction of sp³-hybridized carbons (Fsp3) is 0.389. The third-order valence-corrected chi connectivity index (χ3v) is 3.98. The van der Waals surface area contributed by atoms with Gasteiger partial charge in [-0.1, -0.05) is 30.3 Å². The van der Waals surface area contributed by atoms with Crippen LogP contribution in [0.4, 0.5) is 10.5 Å². The van der Waals surface area contributed by atoms with E-state index < -0.39 is 5.79 Å². The molecular formula is C18H22N4O3. The number of urea groups is 1. The van der Waals surface area contributed by atoms with Crippen LogP contribution in [-0.2, 0) is 9.47 Å². The monoisotopic (exact) mass is 342 g/mol. The molecule has 25 heavy (non-hydrogen) atoms. The number of rotatable bonds is 3. The third kappa shape index (κ3) is 4.32. The molecule has 2 aromatic rings. The zero-order valence-electron chi connectivity index (χ0n) is 14.5. The van der Waals surface area contributed by atoms with Crippen molar-refractivity contribution in [2.75, 3.05) is 11.9 Å². The first-order valence-corrected chi connectivity index (χ1v) is 8.17. The highest BCUT2D eigenvalue weighted by molar-refractivity contribution is 5.89. The number of anilines is 1. The van der Waals surface area contributed by atoms with Crippen LogP contribution >= 0.6 is 0 Å². The number of hydrogen-bond acceptors (Lipinski definition) is 5. The summed E-state index contributed by atoms with van der Waals surface area (Å²) in [5.74, 6) is -0.708. The van der Waals surface area contributed by atoms with Crippen LogP contribution in [0.3, 0.4) is 0 Å². The Bertz CT molecular complexity index is 736. The van der Waals surface area contributed by atoms with Crippen molar-refractivity contribution in [2.24, 2.45) is 0 Å². The van der Waals surface area contributed by atoms with E-state index in [1.165, 1.54) is 6.20 Å². The van der Waals surface area contributed by atoms with Gasteiger partial charge in [0, 0.05) is 0 Å². The predicted molar refractivity (Wildman–Crippen MR) is 93.0 cm³/mol. The summed E-state index contributed by atoms with van der Waals surface area (Å²) in [5, 5.41) is 13.4. The molecule has 2 atom stereocenters. The van der Waals surface area contributed by atoms with Crippen LogP contribution in [0, 0.1) is 6.92 Å². The van der Waals surface area contributed by atoms with E-state index in [9.17, 15) is 4.79 Å². The second-order valence-corrected chi connectivity index (χ2v) is 6.40. The lowest BCUT2D eigenvalue weighted by Gasteiger charge is -2.41. The maximum absolute atomic E-state index is 12.4. The van der Waals surface area contributed by atoms with Crippen molar-refractivity contribution in [1.82, 2.24) is 15.5 Å². The van der Waals surface area contributed by atoms with Crippen LogP contribution in [0.15, 0.2) is 42.6 Å². The Labute approximate surface area is 146 Å². The fourth-order valence-electron chi connectivity index (χ4n) is 2.72. The Morgan fingerprint density at radius 3 is 2.72 bits per heavy atom. The average Bonchev–Trinajstić information content (AvgIpc) is 2.59.